The molecule has 2 aromatic rings. The lowest BCUT2D eigenvalue weighted by atomic mass is 10.0. The molecular formula is C16H15NO. The highest BCUT2D eigenvalue weighted by Gasteiger charge is 2.05. The second-order valence-electron chi connectivity index (χ2n) is 4.44. The van der Waals surface area contributed by atoms with Gasteiger partial charge in [-0.05, 0) is 35.7 Å². The van der Waals surface area contributed by atoms with E-state index in [0.29, 0.717) is 17.2 Å². The van der Waals surface area contributed by atoms with Crippen molar-refractivity contribution in [3.05, 3.63) is 59.7 Å². The Kier molecular flexibility index (Phi) is 3.64. The first-order chi connectivity index (χ1) is 8.70. The molecule has 0 radical (unpaired) electrons. The minimum Gasteiger partial charge on any atom is -0.456 e. The van der Waals surface area contributed by atoms with Crippen LogP contribution in [0.1, 0.15) is 30.9 Å². The van der Waals surface area contributed by atoms with E-state index in [1.807, 2.05) is 30.3 Å². The van der Waals surface area contributed by atoms with Crippen LogP contribution in [0.4, 0.5) is 0 Å². The molecule has 0 atom stereocenters. The van der Waals surface area contributed by atoms with Gasteiger partial charge in [0.05, 0.1) is 5.56 Å². The summed E-state index contributed by atoms with van der Waals surface area (Å²) in [5.74, 6) is 1.82. The highest BCUT2D eigenvalue weighted by molar-refractivity contribution is 5.45. The van der Waals surface area contributed by atoms with Gasteiger partial charge in [-0.15, -0.1) is 0 Å². The molecule has 0 saturated carbocycles. The Balaban J connectivity index is 2.29. The molecule has 0 aliphatic carbocycles. The minimum atomic E-state index is 0.458. The molecule has 0 bridgehead atoms. The smallest absolute Gasteiger partial charge is 0.145 e. The number of nitrogens with zero attached hydrogens (tertiary/aromatic N) is 1. The Labute approximate surface area is 107 Å². The summed E-state index contributed by atoms with van der Waals surface area (Å²) in [6.07, 6.45) is 0. The van der Waals surface area contributed by atoms with Crippen molar-refractivity contribution in [2.75, 3.05) is 0 Å². The molecule has 0 N–H and O–H groups in total. The lowest BCUT2D eigenvalue weighted by Gasteiger charge is -2.10. The predicted molar refractivity (Wildman–Crippen MR) is 71.8 cm³/mol. The number of para-hydroxylation sites is 1. The summed E-state index contributed by atoms with van der Waals surface area (Å²) >= 11 is 0. The van der Waals surface area contributed by atoms with Crippen molar-refractivity contribution < 1.29 is 4.74 Å². The Morgan fingerprint density at radius 1 is 1.06 bits per heavy atom. The third-order valence-corrected chi connectivity index (χ3v) is 2.76. The van der Waals surface area contributed by atoms with Crippen molar-refractivity contribution >= 4 is 0 Å². The van der Waals surface area contributed by atoms with Gasteiger partial charge in [0.15, 0.2) is 0 Å². The zero-order valence-electron chi connectivity index (χ0n) is 10.6. The number of nitriles is 1. The molecule has 0 spiro atoms. The van der Waals surface area contributed by atoms with Crippen molar-refractivity contribution in [1.82, 2.24) is 0 Å². The number of hydrogen-bond acceptors (Lipinski definition) is 2. The third-order valence-electron chi connectivity index (χ3n) is 2.76. The quantitative estimate of drug-likeness (QED) is 0.788. The second kappa shape index (κ2) is 5.37. The Morgan fingerprint density at radius 3 is 2.56 bits per heavy atom. The molecular weight excluding hydrogens is 222 g/mol. The summed E-state index contributed by atoms with van der Waals surface area (Å²) < 4.78 is 5.77. The van der Waals surface area contributed by atoms with Gasteiger partial charge in [-0.25, -0.2) is 0 Å². The summed E-state index contributed by atoms with van der Waals surface area (Å²) in [5, 5.41) is 9.01. The van der Waals surface area contributed by atoms with E-state index in [1.165, 1.54) is 5.56 Å². The van der Waals surface area contributed by atoms with Crippen LogP contribution < -0.4 is 4.74 Å². The Hall–Kier alpha value is -2.27. The van der Waals surface area contributed by atoms with E-state index < -0.39 is 0 Å². The zero-order valence-corrected chi connectivity index (χ0v) is 10.6. The highest BCUT2D eigenvalue weighted by Crippen LogP contribution is 2.27. The highest BCUT2D eigenvalue weighted by atomic mass is 16.5. The van der Waals surface area contributed by atoms with Crippen LogP contribution in [0.5, 0.6) is 11.5 Å². The van der Waals surface area contributed by atoms with Gasteiger partial charge in [-0.3, -0.25) is 0 Å². The molecule has 0 unspecified atom stereocenters. The number of hydrogen-bond donors (Lipinski definition) is 0. The minimum absolute atomic E-state index is 0.458. The summed E-state index contributed by atoms with van der Waals surface area (Å²) in [6, 6.07) is 17.3. The molecule has 0 aliphatic heterocycles. The third kappa shape index (κ3) is 2.70. The molecule has 0 heterocycles. The molecule has 0 saturated heterocycles. The lowest BCUT2D eigenvalue weighted by Crippen LogP contribution is -1.91. The zero-order chi connectivity index (χ0) is 13.0. The number of benzene rings is 2. The molecule has 90 valence electrons. The average Bonchev–Trinajstić information content (AvgIpc) is 2.39. The fraction of sp³-hybridized carbons (Fsp3) is 0.188. The standard InChI is InChI=1S/C16H15NO/c1-12(2)13-7-5-8-15(10-13)18-16-9-4-3-6-14(16)11-17/h3-10,12H,1-2H3. The molecule has 0 fully saturated rings. The maximum Gasteiger partial charge on any atom is 0.145 e. The molecule has 0 amide bonds. The molecule has 2 rings (SSSR count). The van der Waals surface area contributed by atoms with Crippen molar-refractivity contribution in [1.29, 1.82) is 5.26 Å². The van der Waals surface area contributed by atoms with E-state index in [4.69, 9.17) is 10.00 Å². The topological polar surface area (TPSA) is 33.0 Å². The number of rotatable bonds is 3. The molecule has 18 heavy (non-hydrogen) atoms. The Bertz CT molecular complexity index is 582. The van der Waals surface area contributed by atoms with Gasteiger partial charge < -0.3 is 4.74 Å². The molecule has 2 nitrogen and oxygen atoms in total. The van der Waals surface area contributed by atoms with Gasteiger partial charge in [0.25, 0.3) is 0 Å². The van der Waals surface area contributed by atoms with E-state index in [-0.39, 0.29) is 0 Å². The van der Waals surface area contributed by atoms with Crippen LogP contribution in [0.25, 0.3) is 0 Å². The van der Waals surface area contributed by atoms with Crippen molar-refractivity contribution in [3.63, 3.8) is 0 Å². The fourth-order valence-corrected chi connectivity index (χ4v) is 1.71. The van der Waals surface area contributed by atoms with Crippen LogP contribution in [0.3, 0.4) is 0 Å². The van der Waals surface area contributed by atoms with Gasteiger partial charge in [0, 0.05) is 0 Å². The van der Waals surface area contributed by atoms with E-state index in [0.717, 1.165) is 5.75 Å². The van der Waals surface area contributed by atoms with Crippen LogP contribution >= 0.6 is 0 Å². The predicted octanol–water partition coefficient (Wildman–Crippen LogP) is 4.47. The van der Waals surface area contributed by atoms with Crippen LogP contribution in [0.2, 0.25) is 0 Å². The lowest BCUT2D eigenvalue weighted by molar-refractivity contribution is 0.480. The summed E-state index contributed by atoms with van der Waals surface area (Å²) in [6.45, 7) is 4.28. The first-order valence-corrected chi connectivity index (χ1v) is 5.97. The second-order valence-corrected chi connectivity index (χ2v) is 4.44. The first-order valence-electron chi connectivity index (χ1n) is 5.97. The largest absolute Gasteiger partial charge is 0.456 e. The fourth-order valence-electron chi connectivity index (χ4n) is 1.71. The van der Waals surface area contributed by atoms with E-state index in [9.17, 15) is 0 Å². The summed E-state index contributed by atoms with van der Waals surface area (Å²) in [5.41, 5.74) is 1.77. The van der Waals surface area contributed by atoms with E-state index in [1.54, 1.807) is 12.1 Å². The van der Waals surface area contributed by atoms with Crippen molar-refractivity contribution in [2.45, 2.75) is 19.8 Å². The van der Waals surface area contributed by atoms with Crippen LogP contribution in [-0.2, 0) is 0 Å². The SMILES string of the molecule is CC(C)c1cccc(Oc2ccccc2C#N)c1. The average molecular weight is 237 g/mol. The molecule has 0 aromatic heterocycles. The van der Waals surface area contributed by atoms with Crippen molar-refractivity contribution in [2.24, 2.45) is 0 Å². The van der Waals surface area contributed by atoms with Gasteiger partial charge in [-0.1, -0.05) is 38.1 Å². The van der Waals surface area contributed by atoms with Gasteiger partial charge >= 0.3 is 0 Å². The molecule has 0 aliphatic rings. The van der Waals surface area contributed by atoms with Gasteiger partial charge in [-0.2, -0.15) is 5.26 Å². The number of ether oxygens (including phenoxy) is 1. The van der Waals surface area contributed by atoms with Gasteiger partial charge in [0.2, 0.25) is 0 Å². The summed E-state index contributed by atoms with van der Waals surface area (Å²) in [7, 11) is 0. The van der Waals surface area contributed by atoms with Crippen molar-refractivity contribution in [3.8, 4) is 17.6 Å². The van der Waals surface area contributed by atoms with E-state index >= 15 is 0 Å². The maximum atomic E-state index is 9.01. The molecule has 2 heteroatoms. The first kappa shape index (κ1) is 12.2. The normalized spacial score (nSPS) is 10.1. The molecule has 2 aromatic carbocycles. The monoisotopic (exact) mass is 237 g/mol. The Morgan fingerprint density at radius 2 is 1.83 bits per heavy atom. The summed E-state index contributed by atoms with van der Waals surface area (Å²) in [4.78, 5) is 0. The van der Waals surface area contributed by atoms with Crippen LogP contribution in [0, 0.1) is 11.3 Å². The maximum absolute atomic E-state index is 9.01. The van der Waals surface area contributed by atoms with E-state index in [2.05, 4.69) is 26.0 Å². The van der Waals surface area contributed by atoms with Crippen LogP contribution in [0.15, 0.2) is 48.5 Å². The van der Waals surface area contributed by atoms with Gasteiger partial charge in [0.1, 0.15) is 17.6 Å². The van der Waals surface area contributed by atoms with Crippen LogP contribution in [-0.4, -0.2) is 0 Å².